The highest BCUT2D eigenvalue weighted by Gasteiger charge is 2.35. The standard InChI is InChI=1S/C16H17BrClN3O2S/c17-13-10-15(16(18)20-11-13)24(22,23)21-9-3-1-2-4-14(21)12-5-7-19-8-6-12/h5-8,10-11,14H,1-4,9H2. The summed E-state index contributed by atoms with van der Waals surface area (Å²) in [5.41, 5.74) is 0.953. The molecule has 1 unspecified atom stereocenters. The van der Waals surface area contributed by atoms with Crippen molar-refractivity contribution in [1.29, 1.82) is 0 Å². The molecule has 128 valence electrons. The van der Waals surface area contributed by atoms with Crippen molar-refractivity contribution in [1.82, 2.24) is 14.3 Å². The second-order valence-electron chi connectivity index (χ2n) is 5.70. The number of sulfonamides is 1. The molecule has 0 radical (unpaired) electrons. The Morgan fingerprint density at radius 2 is 1.96 bits per heavy atom. The molecule has 3 heterocycles. The van der Waals surface area contributed by atoms with Gasteiger partial charge in [0.05, 0.1) is 6.04 Å². The highest BCUT2D eigenvalue weighted by atomic mass is 79.9. The Morgan fingerprint density at radius 1 is 1.21 bits per heavy atom. The van der Waals surface area contributed by atoms with Gasteiger partial charge in [-0.25, -0.2) is 13.4 Å². The number of pyridine rings is 2. The number of hydrogen-bond acceptors (Lipinski definition) is 4. The number of hydrogen-bond donors (Lipinski definition) is 0. The number of halogens is 2. The van der Waals surface area contributed by atoms with Gasteiger partial charge >= 0.3 is 0 Å². The van der Waals surface area contributed by atoms with Gasteiger partial charge in [0.1, 0.15) is 10.0 Å². The first kappa shape index (κ1) is 17.8. The van der Waals surface area contributed by atoms with Crippen LogP contribution >= 0.6 is 27.5 Å². The lowest BCUT2D eigenvalue weighted by Gasteiger charge is -2.29. The summed E-state index contributed by atoms with van der Waals surface area (Å²) in [6, 6.07) is 5.05. The molecular weight excluding hydrogens is 414 g/mol. The smallest absolute Gasteiger partial charge is 0.246 e. The van der Waals surface area contributed by atoms with Crippen LogP contribution in [0, 0.1) is 0 Å². The minimum absolute atomic E-state index is 0.00377. The molecule has 0 amide bonds. The molecule has 0 saturated carbocycles. The van der Waals surface area contributed by atoms with Gasteiger partial charge in [0.25, 0.3) is 0 Å². The van der Waals surface area contributed by atoms with Gasteiger partial charge in [0, 0.05) is 29.6 Å². The lowest BCUT2D eigenvalue weighted by Crippen LogP contribution is -2.35. The zero-order valence-corrected chi connectivity index (χ0v) is 16.1. The largest absolute Gasteiger partial charge is 0.265 e. The fourth-order valence-electron chi connectivity index (χ4n) is 3.00. The maximum absolute atomic E-state index is 13.3. The predicted molar refractivity (Wildman–Crippen MR) is 96.3 cm³/mol. The highest BCUT2D eigenvalue weighted by Crippen LogP contribution is 2.36. The number of rotatable bonds is 3. The van der Waals surface area contributed by atoms with E-state index in [0.717, 1.165) is 31.2 Å². The summed E-state index contributed by atoms with van der Waals surface area (Å²) in [4.78, 5) is 8.03. The quantitative estimate of drug-likeness (QED) is 0.685. The van der Waals surface area contributed by atoms with Crippen LogP contribution in [0.2, 0.25) is 5.15 Å². The third kappa shape index (κ3) is 3.64. The van der Waals surface area contributed by atoms with E-state index in [1.165, 1.54) is 12.3 Å². The predicted octanol–water partition coefficient (Wildman–Crippen LogP) is 4.20. The number of nitrogens with zero attached hydrogens (tertiary/aromatic N) is 3. The van der Waals surface area contributed by atoms with Gasteiger partial charge in [0.2, 0.25) is 10.0 Å². The van der Waals surface area contributed by atoms with Crippen molar-refractivity contribution < 1.29 is 8.42 Å². The zero-order chi connectivity index (χ0) is 17.2. The van der Waals surface area contributed by atoms with Gasteiger partial charge in [-0.15, -0.1) is 0 Å². The molecule has 8 heteroatoms. The third-order valence-corrected chi connectivity index (χ3v) is 6.92. The van der Waals surface area contributed by atoms with E-state index >= 15 is 0 Å². The number of aromatic nitrogens is 2. The summed E-state index contributed by atoms with van der Waals surface area (Å²) < 4.78 is 28.7. The molecule has 1 aliphatic rings. The Morgan fingerprint density at radius 3 is 2.71 bits per heavy atom. The van der Waals surface area contributed by atoms with E-state index < -0.39 is 10.0 Å². The second kappa shape index (κ2) is 7.47. The average Bonchev–Trinajstić information content (AvgIpc) is 2.84. The molecule has 5 nitrogen and oxygen atoms in total. The van der Waals surface area contributed by atoms with E-state index in [2.05, 4.69) is 25.9 Å². The van der Waals surface area contributed by atoms with Crippen molar-refractivity contribution in [3.05, 3.63) is 52.0 Å². The highest BCUT2D eigenvalue weighted by molar-refractivity contribution is 9.10. The topological polar surface area (TPSA) is 63.2 Å². The Bertz CT molecular complexity index is 817. The molecule has 0 spiro atoms. The minimum atomic E-state index is -3.75. The second-order valence-corrected chi connectivity index (χ2v) is 8.84. The van der Waals surface area contributed by atoms with Gasteiger partial charge in [-0.1, -0.05) is 24.4 Å². The van der Waals surface area contributed by atoms with Crippen LogP contribution in [0.4, 0.5) is 0 Å². The summed E-state index contributed by atoms with van der Waals surface area (Å²) in [6.07, 6.45) is 8.49. The van der Waals surface area contributed by atoms with Crippen LogP contribution in [0.15, 0.2) is 46.2 Å². The van der Waals surface area contributed by atoms with E-state index in [9.17, 15) is 8.42 Å². The lowest BCUT2D eigenvalue weighted by molar-refractivity contribution is 0.328. The molecule has 1 saturated heterocycles. The van der Waals surface area contributed by atoms with Gasteiger partial charge < -0.3 is 0 Å². The van der Waals surface area contributed by atoms with Crippen LogP contribution in [0.1, 0.15) is 37.3 Å². The van der Waals surface area contributed by atoms with Crippen molar-refractivity contribution >= 4 is 37.6 Å². The Labute approximate surface area is 155 Å². The van der Waals surface area contributed by atoms with Gasteiger partial charge in [-0.3, -0.25) is 4.98 Å². The van der Waals surface area contributed by atoms with Crippen LogP contribution in [0.3, 0.4) is 0 Å². The first-order valence-corrected chi connectivity index (χ1v) is 10.3. The van der Waals surface area contributed by atoms with E-state index in [4.69, 9.17) is 11.6 Å². The van der Waals surface area contributed by atoms with E-state index in [1.807, 2.05) is 12.1 Å². The molecule has 1 atom stereocenters. The first-order chi connectivity index (χ1) is 11.5. The summed E-state index contributed by atoms with van der Waals surface area (Å²) in [6.45, 7) is 0.470. The molecule has 1 aliphatic heterocycles. The lowest BCUT2D eigenvalue weighted by atomic mass is 10.0. The molecule has 2 aromatic rings. The fourth-order valence-corrected chi connectivity index (χ4v) is 5.60. The van der Waals surface area contributed by atoms with Crippen molar-refractivity contribution in [3.63, 3.8) is 0 Å². The van der Waals surface area contributed by atoms with Gasteiger partial charge in [-0.05, 0) is 52.5 Å². The summed E-state index contributed by atoms with van der Waals surface area (Å²) >= 11 is 9.36. The van der Waals surface area contributed by atoms with Crippen LogP contribution in [0.25, 0.3) is 0 Å². The Balaban J connectivity index is 2.07. The van der Waals surface area contributed by atoms with Crippen LogP contribution in [-0.4, -0.2) is 29.2 Å². The normalized spacial score (nSPS) is 19.8. The van der Waals surface area contributed by atoms with E-state index in [0.29, 0.717) is 11.0 Å². The molecule has 0 aliphatic carbocycles. The van der Waals surface area contributed by atoms with Crippen LogP contribution in [-0.2, 0) is 10.0 Å². The fraction of sp³-hybridized carbons (Fsp3) is 0.375. The van der Waals surface area contributed by atoms with Crippen molar-refractivity contribution in [2.24, 2.45) is 0 Å². The summed E-state index contributed by atoms with van der Waals surface area (Å²) in [5.74, 6) is 0. The molecule has 24 heavy (non-hydrogen) atoms. The minimum Gasteiger partial charge on any atom is -0.265 e. The van der Waals surface area contributed by atoms with Crippen LogP contribution < -0.4 is 0 Å². The summed E-state index contributed by atoms with van der Waals surface area (Å²) in [5, 5.41) is -0.00377. The summed E-state index contributed by atoms with van der Waals surface area (Å²) in [7, 11) is -3.75. The maximum Gasteiger partial charge on any atom is 0.246 e. The average molecular weight is 431 g/mol. The molecule has 0 aromatic carbocycles. The van der Waals surface area contributed by atoms with E-state index in [-0.39, 0.29) is 16.1 Å². The molecule has 2 aromatic heterocycles. The Kier molecular flexibility index (Phi) is 5.54. The molecule has 0 bridgehead atoms. The SMILES string of the molecule is O=S(=O)(c1cc(Br)cnc1Cl)N1CCCCCC1c1ccncc1. The molecule has 0 N–H and O–H groups in total. The monoisotopic (exact) mass is 429 g/mol. The van der Waals surface area contributed by atoms with Crippen molar-refractivity contribution in [3.8, 4) is 0 Å². The molecule has 3 rings (SSSR count). The molecular formula is C16H17BrClN3O2S. The van der Waals surface area contributed by atoms with Gasteiger partial charge in [-0.2, -0.15) is 4.31 Å². The van der Waals surface area contributed by atoms with Gasteiger partial charge in [0.15, 0.2) is 0 Å². The first-order valence-electron chi connectivity index (χ1n) is 7.73. The van der Waals surface area contributed by atoms with Crippen molar-refractivity contribution in [2.75, 3.05) is 6.54 Å². The zero-order valence-electron chi connectivity index (χ0n) is 12.9. The third-order valence-electron chi connectivity index (χ3n) is 4.15. The van der Waals surface area contributed by atoms with Crippen LogP contribution in [0.5, 0.6) is 0 Å². The van der Waals surface area contributed by atoms with E-state index in [1.54, 1.807) is 16.7 Å². The molecule has 1 fully saturated rings. The Hall–Kier alpha value is -1.02. The maximum atomic E-state index is 13.3. The van der Waals surface area contributed by atoms with Crippen molar-refractivity contribution in [2.45, 2.75) is 36.6 Å².